The Balaban J connectivity index is 1.57. The van der Waals surface area contributed by atoms with Gasteiger partial charge in [0.25, 0.3) is 0 Å². The van der Waals surface area contributed by atoms with Gasteiger partial charge < -0.3 is 14.1 Å². The van der Waals surface area contributed by atoms with Crippen molar-refractivity contribution in [2.45, 2.75) is 51.4 Å². The van der Waals surface area contributed by atoms with Gasteiger partial charge in [0.15, 0.2) is 8.32 Å². The second kappa shape index (κ2) is 6.97. The van der Waals surface area contributed by atoms with Gasteiger partial charge in [0.05, 0.1) is 35.6 Å². The van der Waals surface area contributed by atoms with Gasteiger partial charge in [0, 0.05) is 29.7 Å². The number of aromatic nitrogens is 5. The lowest BCUT2D eigenvalue weighted by Crippen LogP contribution is -2.57. The molecule has 1 saturated heterocycles. The Morgan fingerprint density at radius 2 is 1.91 bits per heavy atom. The maximum absolute atomic E-state index is 6.90. The minimum absolute atomic E-state index is 0.139. The fourth-order valence-corrected chi connectivity index (χ4v) is 5.78. The highest BCUT2D eigenvalue weighted by Crippen LogP contribution is 2.45. The minimum atomic E-state index is -1.96. The number of ether oxygens (including phenoxy) is 1. The van der Waals surface area contributed by atoms with Crippen LogP contribution in [0.4, 0.5) is 0 Å². The zero-order chi connectivity index (χ0) is 22.9. The molecule has 0 atom stereocenters. The zero-order valence-electron chi connectivity index (χ0n) is 19.9. The van der Waals surface area contributed by atoms with Crippen LogP contribution in [-0.4, -0.2) is 46.5 Å². The van der Waals surface area contributed by atoms with Crippen molar-refractivity contribution in [1.29, 1.82) is 0 Å². The first-order chi connectivity index (χ1) is 15.0. The van der Waals surface area contributed by atoms with Gasteiger partial charge in [-0.05, 0) is 42.8 Å². The SMILES string of the molecule is Cc1nnn(C)c1-c1cnc2c(c1)[nH]c1cc(C3(O[Si](C)(C)C(C)(C)C)COC3)ccc12. The first kappa shape index (κ1) is 21.3. The highest BCUT2D eigenvalue weighted by Gasteiger charge is 2.50. The molecule has 0 unspecified atom stereocenters. The molecule has 0 amide bonds. The third kappa shape index (κ3) is 3.20. The Kier molecular flexibility index (Phi) is 4.64. The van der Waals surface area contributed by atoms with Crippen molar-refractivity contribution in [1.82, 2.24) is 25.0 Å². The van der Waals surface area contributed by atoms with Gasteiger partial charge in [-0.1, -0.05) is 38.1 Å². The summed E-state index contributed by atoms with van der Waals surface area (Å²) in [5.74, 6) is 0. The van der Waals surface area contributed by atoms with Crippen LogP contribution in [0.25, 0.3) is 33.2 Å². The lowest BCUT2D eigenvalue weighted by atomic mass is 9.91. The first-order valence-electron chi connectivity index (χ1n) is 11.1. The molecule has 1 fully saturated rings. The molecule has 4 heterocycles. The molecule has 32 heavy (non-hydrogen) atoms. The second-order valence-corrected chi connectivity index (χ2v) is 15.2. The lowest BCUT2D eigenvalue weighted by Gasteiger charge is -2.50. The van der Waals surface area contributed by atoms with E-state index in [0.717, 1.165) is 38.9 Å². The molecule has 1 aliphatic rings. The van der Waals surface area contributed by atoms with Gasteiger partial charge in [-0.3, -0.25) is 4.98 Å². The van der Waals surface area contributed by atoms with Gasteiger partial charge in [0.2, 0.25) is 0 Å². The molecule has 1 N–H and O–H groups in total. The number of nitrogens with one attached hydrogen (secondary N) is 1. The van der Waals surface area contributed by atoms with E-state index in [4.69, 9.17) is 14.1 Å². The summed E-state index contributed by atoms with van der Waals surface area (Å²) in [6.07, 6.45) is 1.90. The topological polar surface area (TPSA) is 77.9 Å². The van der Waals surface area contributed by atoms with E-state index in [9.17, 15) is 0 Å². The van der Waals surface area contributed by atoms with Gasteiger partial charge >= 0.3 is 0 Å². The molecule has 0 saturated carbocycles. The quantitative estimate of drug-likeness (QED) is 0.440. The Morgan fingerprint density at radius 3 is 2.50 bits per heavy atom. The van der Waals surface area contributed by atoms with Gasteiger partial charge in [0.1, 0.15) is 5.60 Å². The Hall–Kier alpha value is -2.55. The van der Waals surface area contributed by atoms with Crippen LogP contribution >= 0.6 is 0 Å². The summed E-state index contributed by atoms with van der Waals surface area (Å²) < 4.78 is 14.3. The van der Waals surface area contributed by atoms with E-state index in [2.05, 4.69) is 73.4 Å². The normalized spacial score (nSPS) is 16.6. The van der Waals surface area contributed by atoms with Crippen molar-refractivity contribution in [2.75, 3.05) is 13.2 Å². The molecule has 0 radical (unpaired) electrons. The number of aromatic amines is 1. The largest absolute Gasteiger partial charge is 0.403 e. The molecule has 4 aromatic rings. The molecule has 168 valence electrons. The average Bonchev–Trinajstić information content (AvgIpc) is 3.21. The van der Waals surface area contributed by atoms with Crippen LogP contribution in [0.5, 0.6) is 0 Å². The molecule has 0 aliphatic carbocycles. The molecule has 1 aromatic carbocycles. The molecule has 5 rings (SSSR count). The van der Waals surface area contributed by atoms with Crippen molar-refractivity contribution < 1.29 is 9.16 Å². The van der Waals surface area contributed by atoms with E-state index >= 15 is 0 Å². The fourth-order valence-electron chi connectivity index (χ4n) is 4.26. The van der Waals surface area contributed by atoms with E-state index < -0.39 is 8.32 Å². The Bertz CT molecular complexity index is 1310. The average molecular weight is 450 g/mol. The Morgan fingerprint density at radius 1 is 1.16 bits per heavy atom. The highest BCUT2D eigenvalue weighted by atomic mass is 28.4. The third-order valence-corrected chi connectivity index (χ3v) is 11.7. The maximum Gasteiger partial charge on any atom is 0.193 e. The number of pyridine rings is 1. The van der Waals surface area contributed by atoms with Crippen molar-refractivity contribution in [2.24, 2.45) is 7.05 Å². The summed E-state index contributed by atoms with van der Waals surface area (Å²) in [6.45, 7) is 14.6. The molecule has 1 aliphatic heterocycles. The second-order valence-electron chi connectivity index (χ2n) is 10.5. The zero-order valence-corrected chi connectivity index (χ0v) is 20.9. The summed E-state index contributed by atoms with van der Waals surface area (Å²) in [4.78, 5) is 8.35. The predicted molar refractivity (Wildman–Crippen MR) is 129 cm³/mol. The lowest BCUT2D eigenvalue weighted by molar-refractivity contribution is -0.174. The van der Waals surface area contributed by atoms with Gasteiger partial charge in [-0.2, -0.15) is 0 Å². The standard InChI is InChI=1S/C24H31N5O2Si/c1-15-22(29(5)28-27-15)16-10-20-21(25-12-16)18-9-8-17(11-19(18)26-20)24(13-30-14-24)31-32(6,7)23(2,3)4/h8-12,26H,13-14H2,1-7H3. The van der Waals surface area contributed by atoms with Crippen molar-refractivity contribution in [3.05, 3.63) is 41.7 Å². The summed E-state index contributed by atoms with van der Waals surface area (Å²) in [5, 5.41) is 9.54. The van der Waals surface area contributed by atoms with Crippen molar-refractivity contribution in [3.63, 3.8) is 0 Å². The highest BCUT2D eigenvalue weighted by molar-refractivity contribution is 6.74. The molecule has 7 nitrogen and oxygen atoms in total. The monoisotopic (exact) mass is 449 g/mol. The van der Waals surface area contributed by atoms with Crippen LogP contribution in [0.3, 0.4) is 0 Å². The first-order valence-corrected chi connectivity index (χ1v) is 14.0. The van der Waals surface area contributed by atoms with E-state index in [1.54, 1.807) is 4.68 Å². The molecular formula is C24H31N5O2Si. The fraction of sp³-hybridized carbons (Fsp3) is 0.458. The van der Waals surface area contributed by atoms with Gasteiger partial charge in [-0.15, -0.1) is 5.10 Å². The van der Waals surface area contributed by atoms with Gasteiger partial charge in [-0.25, -0.2) is 4.68 Å². The Labute approximate surface area is 189 Å². The molecule has 8 heteroatoms. The number of aryl methyl sites for hydroxylation is 2. The van der Waals surface area contributed by atoms with E-state index in [1.165, 1.54) is 5.56 Å². The summed E-state index contributed by atoms with van der Waals surface area (Å²) >= 11 is 0. The molecule has 3 aromatic heterocycles. The number of rotatable bonds is 4. The third-order valence-electron chi connectivity index (χ3n) is 7.15. The molecular weight excluding hydrogens is 418 g/mol. The number of hydrogen-bond acceptors (Lipinski definition) is 5. The molecule has 0 bridgehead atoms. The van der Waals surface area contributed by atoms with Crippen LogP contribution in [0.1, 0.15) is 32.0 Å². The minimum Gasteiger partial charge on any atom is -0.403 e. The van der Waals surface area contributed by atoms with Crippen LogP contribution < -0.4 is 0 Å². The van der Waals surface area contributed by atoms with Crippen molar-refractivity contribution >= 4 is 30.3 Å². The summed E-state index contributed by atoms with van der Waals surface area (Å²) in [7, 11) is -0.0556. The van der Waals surface area contributed by atoms with Crippen molar-refractivity contribution in [3.8, 4) is 11.3 Å². The van der Waals surface area contributed by atoms with E-state index in [0.29, 0.717) is 13.2 Å². The molecule has 0 spiro atoms. The van der Waals surface area contributed by atoms with Crippen LogP contribution in [0.15, 0.2) is 30.5 Å². The summed E-state index contributed by atoms with van der Waals surface area (Å²) in [6, 6.07) is 8.67. The predicted octanol–water partition coefficient (Wildman–Crippen LogP) is 5.07. The number of hydrogen-bond donors (Lipinski definition) is 1. The number of benzene rings is 1. The van der Waals surface area contributed by atoms with Crippen LogP contribution in [0.2, 0.25) is 18.1 Å². The number of fused-ring (bicyclic) bond motifs is 3. The van der Waals surface area contributed by atoms with Crippen LogP contribution in [0, 0.1) is 6.92 Å². The smallest absolute Gasteiger partial charge is 0.193 e. The maximum atomic E-state index is 6.90. The number of H-pyrrole nitrogens is 1. The summed E-state index contributed by atoms with van der Waals surface area (Å²) in [5.41, 5.74) is 6.69. The number of nitrogens with zero attached hydrogens (tertiary/aromatic N) is 4. The van der Waals surface area contributed by atoms with Crippen LogP contribution in [-0.2, 0) is 21.8 Å². The van der Waals surface area contributed by atoms with E-state index in [-0.39, 0.29) is 10.6 Å². The van der Waals surface area contributed by atoms with E-state index in [1.807, 2.05) is 20.2 Å².